The molecule has 0 fully saturated rings. The number of fused-ring (bicyclic) bond motifs is 1. The van der Waals surface area contributed by atoms with Gasteiger partial charge in [-0.1, -0.05) is 12.1 Å². The molecule has 0 aliphatic heterocycles. The smallest absolute Gasteiger partial charge is 0.153 e. The zero-order valence-electron chi connectivity index (χ0n) is 6.34. The topological polar surface area (TPSA) is 54.7 Å². The predicted molar refractivity (Wildman–Crippen MR) is 43.9 cm³/mol. The lowest BCUT2D eigenvalue weighted by Gasteiger charge is -1.98. The van der Waals surface area contributed by atoms with Gasteiger partial charge in [0.05, 0.1) is 6.20 Å². The van der Waals surface area contributed by atoms with Gasteiger partial charge in [0.1, 0.15) is 5.52 Å². The van der Waals surface area contributed by atoms with Crippen LogP contribution in [0.2, 0.25) is 0 Å². The standard InChI is InChI=1S/C8H8FN3/c9-7-5(3-10)1-2-6-4-11-12-8(6)7/h1-2,4H,3,10H2,(H,11,12). The van der Waals surface area contributed by atoms with Gasteiger partial charge in [-0.05, 0) is 0 Å². The van der Waals surface area contributed by atoms with Gasteiger partial charge < -0.3 is 5.73 Å². The van der Waals surface area contributed by atoms with Crippen LogP contribution in [0, 0.1) is 5.82 Å². The van der Waals surface area contributed by atoms with Gasteiger partial charge in [-0.25, -0.2) is 4.39 Å². The Bertz CT molecular complexity index is 408. The van der Waals surface area contributed by atoms with E-state index in [0.717, 1.165) is 5.39 Å². The quantitative estimate of drug-likeness (QED) is 0.666. The molecule has 0 aliphatic carbocycles. The summed E-state index contributed by atoms with van der Waals surface area (Å²) in [6.45, 7) is 0.209. The molecule has 3 N–H and O–H groups in total. The Kier molecular flexibility index (Phi) is 1.55. The molecule has 4 heteroatoms. The predicted octanol–water partition coefficient (Wildman–Crippen LogP) is 1.16. The number of nitrogens with two attached hydrogens (primary N) is 1. The molecule has 1 aromatic heterocycles. The Labute approximate surface area is 68.4 Å². The number of benzene rings is 1. The number of halogens is 1. The monoisotopic (exact) mass is 165 g/mol. The first kappa shape index (κ1) is 7.24. The van der Waals surface area contributed by atoms with Crippen molar-refractivity contribution >= 4 is 10.9 Å². The van der Waals surface area contributed by atoms with Crippen LogP contribution in [0.25, 0.3) is 10.9 Å². The average Bonchev–Trinajstić information content (AvgIpc) is 2.53. The number of H-pyrrole nitrogens is 1. The fraction of sp³-hybridized carbons (Fsp3) is 0.125. The fourth-order valence-corrected chi connectivity index (χ4v) is 1.18. The average molecular weight is 165 g/mol. The highest BCUT2D eigenvalue weighted by atomic mass is 19.1. The van der Waals surface area contributed by atoms with Crippen LogP contribution in [0.15, 0.2) is 18.3 Å². The Morgan fingerprint density at radius 1 is 1.50 bits per heavy atom. The van der Waals surface area contributed by atoms with E-state index in [2.05, 4.69) is 10.2 Å². The maximum Gasteiger partial charge on any atom is 0.153 e. The molecule has 0 saturated carbocycles. The molecule has 12 heavy (non-hydrogen) atoms. The maximum atomic E-state index is 13.4. The fourth-order valence-electron chi connectivity index (χ4n) is 1.18. The molecule has 2 rings (SSSR count). The van der Waals surface area contributed by atoms with E-state index in [1.807, 2.05) is 0 Å². The summed E-state index contributed by atoms with van der Waals surface area (Å²) in [6, 6.07) is 3.47. The van der Waals surface area contributed by atoms with Gasteiger partial charge in [-0.2, -0.15) is 5.10 Å². The molecule has 3 nitrogen and oxygen atoms in total. The lowest BCUT2D eigenvalue weighted by molar-refractivity contribution is 0.619. The summed E-state index contributed by atoms with van der Waals surface area (Å²) >= 11 is 0. The lowest BCUT2D eigenvalue weighted by atomic mass is 10.1. The minimum Gasteiger partial charge on any atom is -0.326 e. The van der Waals surface area contributed by atoms with Gasteiger partial charge >= 0.3 is 0 Å². The van der Waals surface area contributed by atoms with E-state index < -0.39 is 0 Å². The minimum absolute atomic E-state index is 0.209. The van der Waals surface area contributed by atoms with E-state index in [-0.39, 0.29) is 12.4 Å². The summed E-state index contributed by atoms with van der Waals surface area (Å²) in [5, 5.41) is 7.08. The molecule has 0 radical (unpaired) electrons. The van der Waals surface area contributed by atoms with Gasteiger partial charge in [-0.3, -0.25) is 5.10 Å². The number of rotatable bonds is 1. The molecule has 0 unspecified atom stereocenters. The Hall–Kier alpha value is -1.42. The van der Waals surface area contributed by atoms with Crippen molar-refractivity contribution < 1.29 is 4.39 Å². The molecule has 2 aromatic rings. The third kappa shape index (κ3) is 0.887. The van der Waals surface area contributed by atoms with E-state index in [0.29, 0.717) is 11.1 Å². The maximum absolute atomic E-state index is 13.4. The van der Waals surface area contributed by atoms with Gasteiger partial charge in [-0.15, -0.1) is 0 Å². The van der Waals surface area contributed by atoms with Crippen molar-refractivity contribution in [3.8, 4) is 0 Å². The van der Waals surface area contributed by atoms with Crippen LogP contribution >= 0.6 is 0 Å². The van der Waals surface area contributed by atoms with Crippen LogP contribution < -0.4 is 5.73 Å². The summed E-state index contributed by atoms with van der Waals surface area (Å²) in [5.41, 5.74) is 6.27. The van der Waals surface area contributed by atoms with Crippen LogP contribution in [0.5, 0.6) is 0 Å². The molecule has 0 aliphatic rings. The molecule has 0 atom stereocenters. The summed E-state index contributed by atoms with van der Waals surface area (Å²) in [4.78, 5) is 0. The van der Waals surface area contributed by atoms with Crippen molar-refractivity contribution in [3.05, 3.63) is 29.7 Å². The second kappa shape index (κ2) is 2.57. The Balaban J connectivity index is 2.78. The van der Waals surface area contributed by atoms with Gasteiger partial charge in [0.2, 0.25) is 0 Å². The first-order valence-electron chi connectivity index (χ1n) is 3.63. The van der Waals surface area contributed by atoms with Crippen LogP contribution in [-0.4, -0.2) is 10.2 Å². The van der Waals surface area contributed by atoms with Crippen molar-refractivity contribution in [2.24, 2.45) is 5.73 Å². The second-order valence-corrected chi connectivity index (χ2v) is 2.58. The van der Waals surface area contributed by atoms with Crippen LogP contribution in [0.1, 0.15) is 5.56 Å². The van der Waals surface area contributed by atoms with E-state index in [4.69, 9.17) is 5.73 Å². The van der Waals surface area contributed by atoms with Gasteiger partial charge in [0.15, 0.2) is 5.82 Å². The summed E-state index contributed by atoms with van der Waals surface area (Å²) in [6.07, 6.45) is 1.58. The number of aromatic amines is 1. The molecule has 62 valence electrons. The Morgan fingerprint density at radius 3 is 3.08 bits per heavy atom. The lowest BCUT2D eigenvalue weighted by Crippen LogP contribution is -1.99. The zero-order valence-corrected chi connectivity index (χ0v) is 6.34. The third-order valence-corrected chi connectivity index (χ3v) is 1.85. The summed E-state index contributed by atoms with van der Waals surface area (Å²) < 4.78 is 13.4. The molecule has 0 amide bonds. The number of nitrogens with zero attached hydrogens (tertiary/aromatic N) is 1. The molecule has 0 bridgehead atoms. The molecular formula is C8H8FN3. The minimum atomic E-state index is -0.299. The number of hydrogen-bond donors (Lipinski definition) is 2. The third-order valence-electron chi connectivity index (χ3n) is 1.85. The van der Waals surface area contributed by atoms with Gasteiger partial charge in [0, 0.05) is 17.5 Å². The van der Waals surface area contributed by atoms with Crippen LogP contribution in [-0.2, 0) is 6.54 Å². The van der Waals surface area contributed by atoms with Crippen molar-refractivity contribution in [2.75, 3.05) is 0 Å². The highest BCUT2D eigenvalue weighted by Gasteiger charge is 2.06. The number of hydrogen-bond acceptors (Lipinski definition) is 2. The number of aromatic nitrogens is 2. The SMILES string of the molecule is NCc1ccc2cn[nH]c2c1F. The van der Waals surface area contributed by atoms with Crippen LogP contribution in [0.3, 0.4) is 0 Å². The number of nitrogens with one attached hydrogen (secondary N) is 1. The van der Waals surface area contributed by atoms with Crippen molar-refractivity contribution in [2.45, 2.75) is 6.54 Å². The van der Waals surface area contributed by atoms with Crippen LogP contribution in [0.4, 0.5) is 4.39 Å². The van der Waals surface area contributed by atoms with Crippen molar-refractivity contribution in [1.82, 2.24) is 10.2 Å². The first-order chi connectivity index (χ1) is 5.83. The normalized spacial score (nSPS) is 10.8. The molecule has 1 aromatic carbocycles. The molecule has 0 spiro atoms. The largest absolute Gasteiger partial charge is 0.326 e. The second-order valence-electron chi connectivity index (χ2n) is 2.58. The first-order valence-corrected chi connectivity index (χ1v) is 3.63. The molecule has 0 saturated heterocycles. The molecule has 1 heterocycles. The van der Waals surface area contributed by atoms with E-state index in [1.165, 1.54) is 0 Å². The highest BCUT2D eigenvalue weighted by Crippen LogP contribution is 2.17. The summed E-state index contributed by atoms with van der Waals surface area (Å²) in [5.74, 6) is -0.299. The zero-order chi connectivity index (χ0) is 8.55. The van der Waals surface area contributed by atoms with Crippen molar-refractivity contribution in [3.63, 3.8) is 0 Å². The van der Waals surface area contributed by atoms with E-state index in [9.17, 15) is 4.39 Å². The highest BCUT2D eigenvalue weighted by molar-refractivity contribution is 5.79. The molecular weight excluding hydrogens is 157 g/mol. The van der Waals surface area contributed by atoms with E-state index >= 15 is 0 Å². The summed E-state index contributed by atoms with van der Waals surface area (Å²) in [7, 11) is 0. The van der Waals surface area contributed by atoms with Gasteiger partial charge in [0.25, 0.3) is 0 Å². The Morgan fingerprint density at radius 2 is 2.33 bits per heavy atom. The van der Waals surface area contributed by atoms with Crippen molar-refractivity contribution in [1.29, 1.82) is 0 Å². The van der Waals surface area contributed by atoms with E-state index in [1.54, 1.807) is 18.3 Å².